The number of sulfonamides is 1. The zero-order valence-corrected chi connectivity index (χ0v) is 16.6. The molecule has 0 aromatic rings. The summed E-state index contributed by atoms with van der Waals surface area (Å²) >= 11 is 0. The molecule has 0 radical (unpaired) electrons. The molecule has 5 atom stereocenters. The lowest BCUT2D eigenvalue weighted by Crippen LogP contribution is -2.63. The fraction of sp³-hybridized carbons (Fsp3) is 0.889. The zero-order chi connectivity index (χ0) is 18.9. The molecule has 0 spiro atoms. The number of imide groups is 1. The molecule has 0 aromatic carbocycles. The molecule has 0 bridgehead atoms. The molecule has 7 nitrogen and oxygen atoms in total. The van der Waals surface area contributed by atoms with E-state index in [1.807, 2.05) is 11.8 Å². The molecular weight excluding hydrogens is 354 g/mol. The minimum absolute atomic E-state index is 0.151. The highest BCUT2D eigenvalue weighted by atomic mass is 32.2. The molecule has 8 heteroatoms. The van der Waals surface area contributed by atoms with E-state index in [1.165, 1.54) is 11.9 Å². The molecular formula is C18H29N3O4S. The summed E-state index contributed by atoms with van der Waals surface area (Å²) < 4.78 is 28.4. The predicted molar refractivity (Wildman–Crippen MR) is 96.8 cm³/mol. The second-order valence-electron chi connectivity index (χ2n) is 9.12. The predicted octanol–water partition coefficient (Wildman–Crippen LogP) is 1.55. The quantitative estimate of drug-likeness (QED) is 0.780. The summed E-state index contributed by atoms with van der Waals surface area (Å²) in [5.74, 6) is 0.509. The van der Waals surface area contributed by atoms with E-state index in [-0.39, 0.29) is 23.5 Å². The summed E-state index contributed by atoms with van der Waals surface area (Å²) in [6.07, 6.45) is 4.26. The van der Waals surface area contributed by atoms with Gasteiger partial charge in [0.15, 0.2) is 0 Å². The largest absolute Gasteiger partial charge is 0.326 e. The fourth-order valence-corrected chi connectivity index (χ4v) is 6.51. The van der Waals surface area contributed by atoms with Gasteiger partial charge in [-0.15, -0.1) is 0 Å². The molecule has 4 rings (SSSR count). The monoisotopic (exact) mass is 383 g/mol. The Labute approximate surface area is 155 Å². The third kappa shape index (κ3) is 3.15. The van der Waals surface area contributed by atoms with Gasteiger partial charge in [-0.05, 0) is 57.3 Å². The Hall–Kier alpha value is -1.15. The Morgan fingerprint density at radius 1 is 1.19 bits per heavy atom. The number of fused-ring (bicyclic) bond motifs is 1. The van der Waals surface area contributed by atoms with E-state index < -0.39 is 21.2 Å². The first-order valence-corrected chi connectivity index (χ1v) is 11.3. The Balaban J connectivity index is 1.51. The zero-order valence-electron chi connectivity index (χ0n) is 15.8. The van der Waals surface area contributed by atoms with Crippen LogP contribution in [0.3, 0.4) is 0 Å². The Kier molecular flexibility index (Phi) is 4.15. The lowest BCUT2D eigenvalue weighted by atomic mass is 9.81. The van der Waals surface area contributed by atoms with Crippen LogP contribution in [0.2, 0.25) is 0 Å². The number of nitrogens with one attached hydrogen (secondary N) is 1. The van der Waals surface area contributed by atoms with E-state index in [0.29, 0.717) is 37.6 Å². The van der Waals surface area contributed by atoms with Gasteiger partial charge in [0.1, 0.15) is 0 Å². The molecule has 1 aliphatic heterocycles. The maximum absolute atomic E-state index is 12.8. The van der Waals surface area contributed by atoms with E-state index in [4.69, 9.17) is 0 Å². The summed E-state index contributed by atoms with van der Waals surface area (Å²) in [6.45, 7) is 4.79. The van der Waals surface area contributed by atoms with Crippen molar-refractivity contribution in [2.75, 3.05) is 13.6 Å². The number of carbonyl (C=O) groups is 2. The first-order chi connectivity index (χ1) is 12.1. The van der Waals surface area contributed by atoms with Crippen LogP contribution in [-0.2, 0) is 14.8 Å². The number of rotatable bonds is 5. The summed E-state index contributed by atoms with van der Waals surface area (Å²) in [6, 6.07) is -0.373. The van der Waals surface area contributed by atoms with Gasteiger partial charge in [-0.3, -0.25) is 9.69 Å². The van der Waals surface area contributed by atoms with Gasteiger partial charge in [-0.1, -0.05) is 6.92 Å². The van der Waals surface area contributed by atoms with Crippen molar-refractivity contribution >= 4 is 22.0 Å². The normalized spacial score (nSPS) is 39.0. The fourth-order valence-electron chi connectivity index (χ4n) is 4.55. The van der Waals surface area contributed by atoms with Gasteiger partial charge in [-0.2, -0.15) is 0 Å². The van der Waals surface area contributed by atoms with Gasteiger partial charge in [-0.25, -0.2) is 17.9 Å². The lowest BCUT2D eigenvalue weighted by Gasteiger charge is -2.47. The summed E-state index contributed by atoms with van der Waals surface area (Å²) in [5.41, 5.74) is -0.298. The highest BCUT2D eigenvalue weighted by Crippen LogP contribution is 2.43. The second-order valence-corrected chi connectivity index (χ2v) is 11.1. The van der Waals surface area contributed by atoms with Crippen LogP contribution in [0.25, 0.3) is 0 Å². The van der Waals surface area contributed by atoms with Crippen molar-refractivity contribution in [2.24, 2.45) is 17.8 Å². The van der Waals surface area contributed by atoms with Crippen LogP contribution in [-0.4, -0.2) is 60.6 Å². The average molecular weight is 384 g/mol. The Bertz CT molecular complexity index is 733. The molecule has 1 saturated heterocycles. The van der Waals surface area contributed by atoms with Crippen molar-refractivity contribution in [3.63, 3.8) is 0 Å². The number of hydrogen-bond donors (Lipinski definition) is 1. The molecule has 1 N–H and O–H groups in total. The molecule has 146 valence electrons. The van der Waals surface area contributed by atoms with Gasteiger partial charge in [0.25, 0.3) is 0 Å². The maximum Gasteiger partial charge on any atom is 0.326 e. The van der Waals surface area contributed by atoms with Crippen molar-refractivity contribution in [3.8, 4) is 0 Å². The van der Waals surface area contributed by atoms with Crippen molar-refractivity contribution in [1.82, 2.24) is 14.5 Å². The van der Waals surface area contributed by atoms with Crippen LogP contribution in [0, 0.1) is 17.8 Å². The Morgan fingerprint density at radius 2 is 1.85 bits per heavy atom. The first-order valence-electron chi connectivity index (χ1n) is 9.72. The topological polar surface area (TPSA) is 86.8 Å². The van der Waals surface area contributed by atoms with E-state index in [9.17, 15) is 18.0 Å². The molecule has 4 fully saturated rings. The lowest BCUT2D eigenvalue weighted by molar-refractivity contribution is -0.139. The van der Waals surface area contributed by atoms with E-state index in [0.717, 1.165) is 19.3 Å². The summed E-state index contributed by atoms with van der Waals surface area (Å²) in [7, 11) is -1.93. The summed E-state index contributed by atoms with van der Waals surface area (Å²) in [4.78, 5) is 28.4. The first kappa shape index (κ1) is 18.2. The van der Waals surface area contributed by atoms with Crippen molar-refractivity contribution < 1.29 is 18.0 Å². The number of carbonyl (C=O) groups excluding carboxylic acids is 2. The third-order valence-corrected chi connectivity index (χ3v) is 8.96. The molecule has 3 aliphatic carbocycles. The minimum atomic E-state index is -3.44. The smallest absolute Gasteiger partial charge is 0.320 e. The molecule has 3 saturated carbocycles. The third-order valence-electron chi connectivity index (χ3n) is 6.88. The van der Waals surface area contributed by atoms with Crippen LogP contribution in [0.5, 0.6) is 0 Å². The van der Waals surface area contributed by atoms with Crippen LogP contribution in [0.15, 0.2) is 0 Å². The van der Waals surface area contributed by atoms with Gasteiger partial charge >= 0.3 is 6.03 Å². The van der Waals surface area contributed by atoms with Crippen molar-refractivity contribution in [3.05, 3.63) is 0 Å². The molecule has 0 aromatic heterocycles. The van der Waals surface area contributed by atoms with Crippen LogP contribution >= 0.6 is 0 Å². The van der Waals surface area contributed by atoms with Crippen LogP contribution in [0.1, 0.15) is 52.4 Å². The number of amides is 3. The summed E-state index contributed by atoms with van der Waals surface area (Å²) in [5, 5.41) is -0.548. The van der Waals surface area contributed by atoms with Crippen molar-refractivity contribution in [1.29, 1.82) is 0 Å². The van der Waals surface area contributed by atoms with Crippen LogP contribution < -0.4 is 4.72 Å². The standard InChI is InChI=1S/C18H29N3O4S/c1-11-8-12(11)10-21-15-5-4-13(26(24,25)19-18(2)6-7-18)9-14(15)16(22)20(3)17(21)23/h11-15,19H,4-10H2,1-3H3. The molecule has 4 aliphatic rings. The Morgan fingerprint density at radius 3 is 2.42 bits per heavy atom. The highest BCUT2D eigenvalue weighted by molar-refractivity contribution is 7.90. The number of hydrogen-bond acceptors (Lipinski definition) is 4. The molecule has 1 heterocycles. The van der Waals surface area contributed by atoms with Crippen molar-refractivity contribution in [2.45, 2.75) is 69.2 Å². The van der Waals surface area contributed by atoms with Gasteiger partial charge in [0.05, 0.1) is 11.2 Å². The van der Waals surface area contributed by atoms with E-state index >= 15 is 0 Å². The SMILES string of the molecule is CC1CC1CN1C(=O)N(C)C(=O)C2CC(S(=O)(=O)NC3(C)CC3)CCC21. The van der Waals surface area contributed by atoms with Crippen LogP contribution in [0.4, 0.5) is 4.79 Å². The van der Waals surface area contributed by atoms with E-state index in [1.54, 1.807) is 0 Å². The van der Waals surface area contributed by atoms with Gasteiger partial charge < -0.3 is 4.90 Å². The molecule has 3 amide bonds. The van der Waals surface area contributed by atoms with E-state index in [2.05, 4.69) is 11.6 Å². The maximum atomic E-state index is 12.8. The van der Waals surface area contributed by atoms with Gasteiger partial charge in [0.2, 0.25) is 15.9 Å². The van der Waals surface area contributed by atoms with Gasteiger partial charge in [0, 0.05) is 25.2 Å². The number of nitrogens with zero attached hydrogens (tertiary/aromatic N) is 2. The minimum Gasteiger partial charge on any atom is -0.320 e. The second kappa shape index (κ2) is 5.92. The molecule has 26 heavy (non-hydrogen) atoms. The average Bonchev–Trinajstić information content (AvgIpc) is 3.48. The molecule has 5 unspecified atom stereocenters. The number of urea groups is 1. The highest BCUT2D eigenvalue weighted by Gasteiger charge is 2.52.